The van der Waals surface area contributed by atoms with Gasteiger partial charge in [-0.3, -0.25) is 4.79 Å². The maximum absolute atomic E-state index is 14.3. The number of aromatic hydroxyl groups is 2. The highest BCUT2D eigenvalue weighted by Crippen LogP contribution is 2.44. The fourth-order valence-corrected chi connectivity index (χ4v) is 4.10. The summed E-state index contributed by atoms with van der Waals surface area (Å²) in [4.78, 5) is 13.5. The maximum Gasteiger partial charge on any atom is 0.419 e. The van der Waals surface area contributed by atoms with Crippen molar-refractivity contribution in [1.82, 2.24) is 0 Å². The van der Waals surface area contributed by atoms with Crippen LogP contribution in [0.25, 0.3) is 22.3 Å². The van der Waals surface area contributed by atoms with Crippen molar-refractivity contribution < 1.29 is 36.9 Å². The molecule has 0 fully saturated rings. The number of methoxy groups -OCH3 is 1. The molecular formula is C27H30F4O5. The molecule has 0 unspecified atom stereocenters. The lowest BCUT2D eigenvalue weighted by Crippen LogP contribution is -2.11. The lowest BCUT2D eigenvalue weighted by molar-refractivity contribution is -0.139. The number of halogens is 4. The van der Waals surface area contributed by atoms with Crippen LogP contribution in [0.4, 0.5) is 17.6 Å². The summed E-state index contributed by atoms with van der Waals surface area (Å²) in [6.07, 6.45) is -3.01. The molecule has 1 aromatic heterocycles. The zero-order chi connectivity index (χ0) is 26.9. The second kappa shape index (κ2) is 10.4. The Bertz CT molecular complexity index is 1320. The van der Waals surface area contributed by atoms with Gasteiger partial charge in [0.2, 0.25) is 11.2 Å². The molecule has 1 heterocycles. The summed E-state index contributed by atoms with van der Waals surface area (Å²) < 4.78 is 64.6. The molecule has 3 aromatic rings. The number of benzene rings is 2. The van der Waals surface area contributed by atoms with E-state index in [0.717, 1.165) is 6.07 Å². The number of fused-ring (bicyclic) bond motifs is 1. The van der Waals surface area contributed by atoms with Gasteiger partial charge in [-0.1, -0.05) is 33.8 Å². The fourth-order valence-electron chi connectivity index (χ4n) is 4.10. The smallest absolute Gasteiger partial charge is 0.419 e. The van der Waals surface area contributed by atoms with Gasteiger partial charge in [0.1, 0.15) is 28.3 Å². The quantitative estimate of drug-likeness (QED) is 0.313. The molecule has 0 atom stereocenters. The van der Waals surface area contributed by atoms with E-state index in [1.165, 1.54) is 7.11 Å². The SMILES string of the molecule is COc1c(-c2ccc(C(F)(F)F)c(F)c2)oc2c(CCC(C)C)c(O)c(CCC(C)C)c(O)c2c1=O. The van der Waals surface area contributed by atoms with Gasteiger partial charge in [-0.05, 0) is 49.7 Å². The van der Waals surface area contributed by atoms with Crippen molar-refractivity contribution in [3.8, 4) is 28.6 Å². The van der Waals surface area contributed by atoms with E-state index >= 15 is 0 Å². The number of ether oxygens (including phenoxy) is 1. The van der Waals surface area contributed by atoms with Crippen molar-refractivity contribution in [2.75, 3.05) is 7.11 Å². The molecule has 0 radical (unpaired) electrons. The van der Waals surface area contributed by atoms with Crippen LogP contribution in [0, 0.1) is 17.7 Å². The number of alkyl halides is 3. The number of aryl methyl sites for hydroxylation is 1. The zero-order valence-electron chi connectivity index (χ0n) is 20.8. The topological polar surface area (TPSA) is 79.9 Å². The summed E-state index contributed by atoms with van der Waals surface area (Å²) in [6, 6.07) is 2.14. The first-order valence-electron chi connectivity index (χ1n) is 11.7. The van der Waals surface area contributed by atoms with Gasteiger partial charge in [-0.15, -0.1) is 0 Å². The molecule has 0 aliphatic carbocycles. The number of hydrogen-bond acceptors (Lipinski definition) is 5. The van der Waals surface area contributed by atoms with Gasteiger partial charge >= 0.3 is 6.18 Å². The van der Waals surface area contributed by atoms with Crippen LogP contribution in [-0.4, -0.2) is 17.3 Å². The molecule has 0 saturated heterocycles. The summed E-state index contributed by atoms with van der Waals surface area (Å²) in [6.45, 7) is 7.94. The number of hydrogen-bond donors (Lipinski definition) is 2. The minimum Gasteiger partial charge on any atom is -0.507 e. The van der Waals surface area contributed by atoms with Crippen LogP contribution in [0.1, 0.15) is 57.2 Å². The summed E-state index contributed by atoms with van der Waals surface area (Å²) >= 11 is 0. The van der Waals surface area contributed by atoms with Crippen LogP contribution in [0.5, 0.6) is 17.2 Å². The molecule has 36 heavy (non-hydrogen) atoms. The monoisotopic (exact) mass is 510 g/mol. The Kier molecular flexibility index (Phi) is 7.91. The third-order valence-electron chi connectivity index (χ3n) is 6.12. The standard InChI is InChI=1S/C27H30F4O5/c1-13(2)6-9-16-21(32)17(10-7-14(3)4)25-20(22(16)33)23(34)26(35-5)24(36-25)15-8-11-18(19(28)12-15)27(29,30)31/h8,11-14,32-33H,6-7,9-10H2,1-5H3. The van der Waals surface area contributed by atoms with Gasteiger partial charge in [0, 0.05) is 16.7 Å². The third-order valence-corrected chi connectivity index (χ3v) is 6.12. The first kappa shape index (κ1) is 27.4. The van der Waals surface area contributed by atoms with Crippen molar-refractivity contribution in [3.05, 3.63) is 50.9 Å². The normalized spacial score (nSPS) is 12.2. The minimum atomic E-state index is -4.90. The lowest BCUT2D eigenvalue weighted by Gasteiger charge is -2.18. The van der Waals surface area contributed by atoms with Crippen LogP contribution < -0.4 is 10.2 Å². The Labute approximate surface area is 206 Å². The second-order valence-electron chi connectivity index (χ2n) is 9.71. The first-order chi connectivity index (χ1) is 16.8. The Morgan fingerprint density at radius 1 is 0.972 bits per heavy atom. The Balaban J connectivity index is 2.37. The lowest BCUT2D eigenvalue weighted by atomic mass is 9.92. The highest BCUT2D eigenvalue weighted by atomic mass is 19.4. The molecule has 9 heteroatoms. The average molecular weight is 511 g/mol. The van der Waals surface area contributed by atoms with Crippen molar-refractivity contribution in [3.63, 3.8) is 0 Å². The highest BCUT2D eigenvalue weighted by molar-refractivity contribution is 5.92. The van der Waals surface area contributed by atoms with Crippen molar-refractivity contribution >= 4 is 11.0 Å². The predicted octanol–water partition coefficient (Wildman–Crippen LogP) is 7.21. The molecular weight excluding hydrogens is 480 g/mol. The van der Waals surface area contributed by atoms with E-state index in [2.05, 4.69) is 0 Å². The summed E-state index contributed by atoms with van der Waals surface area (Å²) in [5, 5.41) is 21.9. The van der Waals surface area contributed by atoms with E-state index in [9.17, 15) is 32.6 Å². The molecule has 0 amide bonds. The zero-order valence-corrected chi connectivity index (χ0v) is 20.8. The molecule has 0 aliphatic heterocycles. The van der Waals surface area contributed by atoms with Crippen molar-refractivity contribution in [2.24, 2.45) is 11.8 Å². The molecule has 3 rings (SSSR count). The molecule has 0 bridgehead atoms. The van der Waals surface area contributed by atoms with Gasteiger partial charge in [0.15, 0.2) is 5.76 Å². The number of phenolic OH excluding ortho intramolecular Hbond substituents is 2. The van der Waals surface area contributed by atoms with E-state index in [-0.39, 0.29) is 45.4 Å². The molecule has 0 saturated carbocycles. The Morgan fingerprint density at radius 3 is 2.06 bits per heavy atom. The van der Waals surface area contributed by atoms with E-state index < -0.39 is 34.5 Å². The molecule has 2 aromatic carbocycles. The molecule has 0 spiro atoms. The average Bonchev–Trinajstić information content (AvgIpc) is 2.77. The van der Waals surface area contributed by atoms with E-state index in [1.807, 2.05) is 27.7 Å². The van der Waals surface area contributed by atoms with Crippen LogP contribution in [0.2, 0.25) is 0 Å². The van der Waals surface area contributed by atoms with Crippen molar-refractivity contribution in [1.29, 1.82) is 0 Å². The van der Waals surface area contributed by atoms with E-state index in [4.69, 9.17) is 9.15 Å². The molecule has 5 nitrogen and oxygen atoms in total. The summed E-state index contributed by atoms with van der Waals surface area (Å²) in [5.74, 6) is -2.37. The van der Waals surface area contributed by atoms with Crippen LogP contribution in [0.3, 0.4) is 0 Å². The van der Waals surface area contributed by atoms with Crippen LogP contribution >= 0.6 is 0 Å². The fraction of sp³-hybridized carbons (Fsp3) is 0.444. The van der Waals surface area contributed by atoms with Crippen LogP contribution in [-0.2, 0) is 19.0 Å². The van der Waals surface area contributed by atoms with Gasteiger partial charge in [0.25, 0.3) is 0 Å². The molecule has 0 aliphatic rings. The summed E-state index contributed by atoms with van der Waals surface area (Å²) in [5.41, 5.74) is -1.99. The number of phenols is 2. The largest absolute Gasteiger partial charge is 0.507 e. The highest BCUT2D eigenvalue weighted by Gasteiger charge is 2.34. The summed E-state index contributed by atoms with van der Waals surface area (Å²) in [7, 11) is 1.17. The van der Waals surface area contributed by atoms with Gasteiger partial charge < -0.3 is 19.4 Å². The number of rotatable bonds is 8. The molecule has 196 valence electrons. The van der Waals surface area contributed by atoms with E-state index in [1.54, 1.807) is 0 Å². The van der Waals surface area contributed by atoms with Gasteiger partial charge in [0.05, 0.1) is 12.7 Å². The van der Waals surface area contributed by atoms with Crippen LogP contribution in [0.15, 0.2) is 27.4 Å². The third kappa shape index (κ3) is 5.29. The van der Waals surface area contributed by atoms with Crippen molar-refractivity contribution in [2.45, 2.75) is 59.6 Å². The maximum atomic E-state index is 14.3. The Morgan fingerprint density at radius 2 is 1.56 bits per heavy atom. The van der Waals surface area contributed by atoms with Gasteiger partial charge in [-0.2, -0.15) is 13.2 Å². The predicted molar refractivity (Wildman–Crippen MR) is 129 cm³/mol. The first-order valence-corrected chi connectivity index (χ1v) is 11.7. The second-order valence-corrected chi connectivity index (χ2v) is 9.71. The molecule has 2 N–H and O–H groups in total. The van der Waals surface area contributed by atoms with E-state index in [0.29, 0.717) is 43.4 Å². The van der Waals surface area contributed by atoms with Gasteiger partial charge in [-0.25, -0.2) is 4.39 Å². The Hall–Kier alpha value is -3.23. The minimum absolute atomic E-state index is 0.111.